The molecule has 1 aromatic heterocycles. The van der Waals surface area contributed by atoms with E-state index in [9.17, 15) is 4.79 Å². The number of nitrogens with one attached hydrogen (secondary N) is 1. The number of methoxy groups -OCH3 is 1. The van der Waals surface area contributed by atoms with Gasteiger partial charge in [0.25, 0.3) is 5.91 Å². The van der Waals surface area contributed by atoms with E-state index >= 15 is 0 Å². The van der Waals surface area contributed by atoms with E-state index < -0.39 is 5.79 Å². The Morgan fingerprint density at radius 1 is 1.21 bits per heavy atom. The molecule has 1 N–H and O–H groups in total. The minimum Gasteiger partial charge on any atom is -0.497 e. The van der Waals surface area contributed by atoms with E-state index in [0.717, 1.165) is 16.7 Å². The molecule has 2 aromatic rings. The number of rotatable bonds is 2. The number of carbonyl (C=O) groups excluding carboxylic acids is 1. The third-order valence-corrected chi connectivity index (χ3v) is 4.85. The molecule has 0 aliphatic carbocycles. The van der Waals surface area contributed by atoms with E-state index in [1.807, 2.05) is 43.0 Å². The van der Waals surface area contributed by atoms with E-state index in [1.54, 1.807) is 7.11 Å². The number of fused-ring (bicyclic) bond motifs is 1. The third-order valence-electron chi connectivity index (χ3n) is 4.85. The standard InChI is InChI=1S/C18H22N2O4/c1-17(2)23-10-18(11-24-17)8-20(9-18)16(21)15-6-12-4-5-13(22-3)7-14(12)19-15/h4-7,19H,8-11H2,1-3H3. The van der Waals surface area contributed by atoms with Crippen LogP contribution in [0.3, 0.4) is 0 Å². The van der Waals surface area contributed by atoms with Gasteiger partial charge in [-0.2, -0.15) is 0 Å². The second kappa shape index (κ2) is 5.22. The maximum atomic E-state index is 12.7. The highest BCUT2D eigenvalue weighted by atomic mass is 16.7. The summed E-state index contributed by atoms with van der Waals surface area (Å²) >= 11 is 0. The monoisotopic (exact) mass is 330 g/mol. The van der Waals surface area contributed by atoms with Crippen LogP contribution in [0.25, 0.3) is 10.9 Å². The second-order valence-electron chi connectivity index (χ2n) is 7.27. The fourth-order valence-corrected chi connectivity index (χ4v) is 3.35. The molecule has 0 saturated carbocycles. The molecule has 6 heteroatoms. The van der Waals surface area contributed by atoms with Gasteiger partial charge in [-0.1, -0.05) is 0 Å². The fourth-order valence-electron chi connectivity index (χ4n) is 3.35. The van der Waals surface area contributed by atoms with Crippen molar-refractivity contribution in [1.82, 2.24) is 9.88 Å². The van der Waals surface area contributed by atoms with Crippen molar-refractivity contribution in [2.75, 3.05) is 33.4 Å². The van der Waals surface area contributed by atoms with Crippen LogP contribution in [0.15, 0.2) is 24.3 Å². The predicted molar refractivity (Wildman–Crippen MR) is 89.2 cm³/mol. The Morgan fingerprint density at radius 2 is 1.92 bits per heavy atom. The van der Waals surface area contributed by atoms with Crippen LogP contribution in [0.4, 0.5) is 0 Å². The van der Waals surface area contributed by atoms with E-state index in [0.29, 0.717) is 32.0 Å². The van der Waals surface area contributed by atoms with Crippen molar-refractivity contribution in [3.8, 4) is 5.75 Å². The van der Waals surface area contributed by atoms with Gasteiger partial charge in [0.1, 0.15) is 11.4 Å². The van der Waals surface area contributed by atoms with Crippen LogP contribution in [0, 0.1) is 5.41 Å². The number of hydrogen-bond acceptors (Lipinski definition) is 4. The first-order valence-electron chi connectivity index (χ1n) is 8.14. The van der Waals surface area contributed by atoms with Gasteiger partial charge in [0.15, 0.2) is 5.79 Å². The molecule has 2 fully saturated rings. The SMILES string of the molecule is COc1ccc2cc(C(=O)N3CC4(COC(C)(C)OC4)C3)[nH]c2c1. The summed E-state index contributed by atoms with van der Waals surface area (Å²) < 4.78 is 16.7. The summed E-state index contributed by atoms with van der Waals surface area (Å²) in [6, 6.07) is 7.62. The molecule has 2 aliphatic rings. The van der Waals surface area contributed by atoms with Crippen LogP contribution >= 0.6 is 0 Å². The van der Waals surface area contributed by atoms with Gasteiger partial charge in [0.05, 0.1) is 25.7 Å². The number of amides is 1. The smallest absolute Gasteiger partial charge is 0.270 e. The number of H-pyrrole nitrogens is 1. The van der Waals surface area contributed by atoms with Gasteiger partial charge in [-0.25, -0.2) is 0 Å². The number of benzene rings is 1. The molecule has 1 amide bonds. The summed E-state index contributed by atoms with van der Waals surface area (Å²) in [6.45, 7) is 6.43. The van der Waals surface area contributed by atoms with Crippen LogP contribution in [0.2, 0.25) is 0 Å². The Balaban J connectivity index is 1.46. The highest BCUT2D eigenvalue weighted by molar-refractivity contribution is 5.98. The predicted octanol–water partition coefficient (Wildman–Crippen LogP) is 2.40. The maximum absolute atomic E-state index is 12.7. The minimum absolute atomic E-state index is 0.0145. The molecule has 3 heterocycles. The van der Waals surface area contributed by atoms with Crippen molar-refractivity contribution in [2.45, 2.75) is 19.6 Å². The topological polar surface area (TPSA) is 63.8 Å². The van der Waals surface area contributed by atoms with Crippen LogP contribution in [0.5, 0.6) is 5.75 Å². The van der Waals surface area contributed by atoms with Gasteiger partial charge in [0, 0.05) is 30.1 Å². The Hall–Kier alpha value is -2.05. The molecule has 1 spiro atoms. The summed E-state index contributed by atoms with van der Waals surface area (Å²) in [6.07, 6.45) is 0. The lowest BCUT2D eigenvalue weighted by molar-refractivity contribution is -0.301. The Kier molecular flexibility index (Phi) is 3.37. The van der Waals surface area contributed by atoms with Crippen LogP contribution in [-0.2, 0) is 9.47 Å². The van der Waals surface area contributed by atoms with Crippen molar-refractivity contribution in [3.63, 3.8) is 0 Å². The lowest BCUT2D eigenvalue weighted by atomic mass is 9.80. The summed E-state index contributed by atoms with van der Waals surface area (Å²) in [5, 5.41) is 1.00. The first-order chi connectivity index (χ1) is 11.4. The molecular weight excluding hydrogens is 308 g/mol. The normalized spacial score (nSPS) is 21.7. The minimum atomic E-state index is -0.522. The molecule has 6 nitrogen and oxygen atoms in total. The highest BCUT2D eigenvalue weighted by Crippen LogP contribution is 2.38. The molecule has 0 radical (unpaired) electrons. The molecule has 0 bridgehead atoms. The van der Waals surface area contributed by atoms with Gasteiger partial charge in [0.2, 0.25) is 0 Å². The summed E-state index contributed by atoms with van der Waals surface area (Å²) in [5.74, 6) is 0.261. The van der Waals surface area contributed by atoms with Crippen molar-refractivity contribution in [2.24, 2.45) is 5.41 Å². The van der Waals surface area contributed by atoms with Crippen LogP contribution in [-0.4, -0.2) is 55.0 Å². The van der Waals surface area contributed by atoms with E-state index in [1.165, 1.54) is 0 Å². The molecule has 2 aliphatic heterocycles. The molecule has 1 aromatic carbocycles. The first-order valence-corrected chi connectivity index (χ1v) is 8.14. The van der Waals surface area contributed by atoms with E-state index in [-0.39, 0.29) is 11.3 Å². The van der Waals surface area contributed by atoms with Crippen LogP contribution < -0.4 is 4.74 Å². The van der Waals surface area contributed by atoms with Crippen molar-refractivity contribution < 1.29 is 19.0 Å². The summed E-state index contributed by atoms with van der Waals surface area (Å²) in [7, 11) is 1.63. The van der Waals surface area contributed by atoms with Crippen molar-refractivity contribution in [1.29, 1.82) is 0 Å². The average molecular weight is 330 g/mol. The number of nitrogens with zero attached hydrogens (tertiary/aromatic N) is 1. The lowest BCUT2D eigenvalue weighted by Crippen LogP contribution is -2.65. The number of ether oxygens (including phenoxy) is 3. The Labute approximate surface area is 140 Å². The number of aromatic amines is 1. The van der Waals surface area contributed by atoms with E-state index in [4.69, 9.17) is 14.2 Å². The zero-order chi connectivity index (χ0) is 16.9. The van der Waals surface area contributed by atoms with Crippen LogP contribution in [0.1, 0.15) is 24.3 Å². The second-order valence-corrected chi connectivity index (χ2v) is 7.27. The van der Waals surface area contributed by atoms with Gasteiger partial charge in [-0.15, -0.1) is 0 Å². The molecule has 2 saturated heterocycles. The number of hydrogen-bond donors (Lipinski definition) is 1. The zero-order valence-electron chi connectivity index (χ0n) is 14.2. The van der Waals surface area contributed by atoms with E-state index in [2.05, 4.69) is 4.98 Å². The molecule has 0 unspecified atom stereocenters. The average Bonchev–Trinajstić information content (AvgIpc) is 2.95. The zero-order valence-corrected chi connectivity index (χ0v) is 14.2. The largest absolute Gasteiger partial charge is 0.497 e. The quantitative estimate of drug-likeness (QED) is 0.918. The highest BCUT2D eigenvalue weighted by Gasteiger charge is 2.50. The maximum Gasteiger partial charge on any atom is 0.270 e. The number of carbonyl (C=O) groups is 1. The van der Waals surface area contributed by atoms with Gasteiger partial charge in [-0.3, -0.25) is 4.79 Å². The Morgan fingerprint density at radius 3 is 2.58 bits per heavy atom. The lowest BCUT2D eigenvalue weighted by Gasteiger charge is -2.53. The third kappa shape index (κ3) is 2.56. The molecule has 24 heavy (non-hydrogen) atoms. The molecule has 0 atom stereocenters. The van der Waals surface area contributed by atoms with Gasteiger partial charge < -0.3 is 24.1 Å². The molecular formula is C18H22N2O4. The summed E-state index contributed by atoms with van der Waals surface area (Å²) in [5.41, 5.74) is 1.45. The van der Waals surface area contributed by atoms with Crippen molar-refractivity contribution >= 4 is 16.8 Å². The van der Waals surface area contributed by atoms with Crippen molar-refractivity contribution in [3.05, 3.63) is 30.0 Å². The van der Waals surface area contributed by atoms with Gasteiger partial charge in [-0.05, 0) is 32.0 Å². The summed E-state index contributed by atoms with van der Waals surface area (Å²) in [4.78, 5) is 17.7. The molecule has 4 rings (SSSR count). The van der Waals surface area contributed by atoms with Gasteiger partial charge >= 0.3 is 0 Å². The molecule has 128 valence electrons. The number of aromatic nitrogens is 1. The Bertz CT molecular complexity index is 777. The number of likely N-dealkylation sites (tertiary alicyclic amines) is 1. The first kappa shape index (κ1) is 15.5. The fraction of sp³-hybridized carbons (Fsp3) is 0.500.